The van der Waals surface area contributed by atoms with Crippen LogP contribution in [0.1, 0.15) is 23.9 Å². The number of benzene rings is 1. The van der Waals surface area contributed by atoms with Gasteiger partial charge in [-0.1, -0.05) is 23.7 Å². The van der Waals surface area contributed by atoms with Crippen LogP contribution in [0.3, 0.4) is 0 Å². The SMILES string of the molecule is Cc1nn(C)c(C)c1NC(=O)[C@H](C)OC(=O)Cc1ccc(Cl)cc1. The van der Waals surface area contributed by atoms with Gasteiger partial charge in [-0.2, -0.15) is 5.10 Å². The van der Waals surface area contributed by atoms with Crippen molar-refractivity contribution in [3.8, 4) is 0 Å². The van der Waals surface area contributed by atoms with Crippen LogP contribution in [0.15, 0.2) is 24.3 Å². The minimum Gasteiger partial charge on any atom is -0.452 e. The Bertz CT molecular complexity index is 753. The highest BCUT2D eigenvalue weighted by Gasteiger charge is 2.21. The molecule has 24 heavy (non-hydrogen) atoms. The van der Waals surface area contributed by atoms with Crippen LogP contribution in [0.4, 0.5) is 5.69 Å². The second kappa shape index (κ2) is 7.49. The first kappa shape index (κ1) is 18.0. The highest BCUT2D eigenvalue weighted by Crippen LogP contribution is 2.19. The lowest BCUT2D eigenvalue weighted by molar-refractivity contribution is -0.152. The maximum absolute atomic E-state index is 12.2. The summed E-state index contributed by atoms with van der Waals surface area (Å²) in [5, 5.41) is 7.59. The van der Waals surface area contributed by atoms with Gasteiger partial charge < -0.3 is 10.1 Å². The second-order valence-corrected chi connectivity index (χ2v) is 6.03. The molecule has 0 fully saturated rings. The van der Waals surface area contributed by atoms with E-state index >= 15 is 0 Å². The fraction of sp³-hybridized carbons (Fsp3) is 0.353. The van der Waals surface area contributed by atoms with Crippen LogP contribution in [0, 0.1) is 13.8 Å². The number of ether oxygens (including phenoxy) is 1. The van der Waals surface area contributed by atoms with Gasteiger partial charge in [-0.05, 0) is 38.5 Å². The fourth-order valence-electron chi connectivity index (χ4n) is 2.24. The summed E-state index contributed by atoms with van der Waals surface area (Å²) in [6.07, 6.45) is -0.816. The first-order valence-electron chi connectivity index (χ1n) is 7.53. The predicted molar refractivity (Wildman–Crippen MR) is 92.0 cm³/mol. The van der Waals surface area contributed by atoms with Crippen LogP contribution in [0.25, 0.3) is 0 Å². The van der Waals surface area contributed by atoms with E-state index in [0.29, 0.717) is 16.4 Å². The van der Waals surface area contributed by atoms with Gasteiger partial charge in [-0.15, -0.1) is 0 Å². The van der Waals surface area contributed by atoms with Crippen LogP contribution >= 0.6 is 11.6 Å². The third kappa shape index (κ3) is 4.35. The zero-order valence-electron chi connectivity index (χ0n) is 14.1. The molecule has 0 radical (unpaired) electrons. The molecule has 0 saturated carbocycles. The number of nitrogens with one attached hydrogen (secondary N) is 1. The molecule has 0 spiro atoms. The molecule has 6 nitrogen and oxygen atoms in total. The number of hydrogen-bond donors (Lipinski definition) is 1. The molecule has 1 heterocycles. The van der Waals surface area contributed by atoms with E-state index in [-0.39, 0.29) is 6.42 Å². The van der Waals surface area contributed by atoms with Crippen molar-refractivity contribution in [2.75, 3.05) is 5.32 Å². The molecule has 1 aromatic carbocycles. The molecule has 2 rings (SSSR count). The smallest absolute Gasteiger partial charge is 0.311 e. The number of anilines is 1. The molecule has 7 heteroatoms. The number of aryl methyl sites for hydroxylation is 2. The van der Waals surface area contributed by atoms with Gasteiger partial charge in [0.15, 0.2) is 6.10 Å². The fourth-order valence-corrected chi connectivity index (χ4v) is 2.37. The number of carbonyl (C=O) groups is 2. The first-order valence-corrected chi connectivity index (χ1v) is 7.90. The van der Waals surface area contributed by atoms with Crippen molar-refractivity contribution >= 4 is 29.2 Å². The van der Waals surface area contributed by atoms with Crippen molar-refractivity contribution in [2.45, 2.75) is 33.3 Å². The number of carbonyl (C=O) groups excluding carboxylic acids is 2. The van der Waals surface area contributed by atoms with Gasteiger partial charge >= 0.3 is 5.97 Å². The van der Waals surface area contributed by atoms with Gasteiger partial charge in [0.25, 0.3) is 5.91 Å². The number of amides is 1. The molecule has 0 bridgehead atoms. The largest absolute Gasteiger partial charge is 0.452 e. The lowest BCUT2D eigenvalue weighted by Gasteiger charge is -2.14. The highest BCUT2D eigenvalue weighted by atomic mass is 35.5. The predicted octanol–water partition coefficient (Wildman–Crippen LogP) is 2.80. The number of aromatic nitrogens is 2. The third-order valence-corrected chi connectivity index (χ3v) is 3.95. The summed E-state index contributed by atoms with van der Waals surface area (Å²) in [5.74, 6) is -0.863. The Morgan fingerprint density at radius 1 is 1.29 bits per heavy atom. The molecule has 1 aromatic heterocycles. The number of hydrogen-bond acceptors (Lipinski definition) is 4. The van der Waals surface area contributed by atoms with Crippen LogP contribution in [-0.2, 0) is 27.8 Å². The van der Waals surface area contributed by atoms with Gasteiger partial charge in [0.05, 0.1) is 23.5 Å². The normalized spacial score (nSPS) is 11.9. The van der Waals surface area contributed by atoms with Gasteiger partial charge in [-0.25, -0.2) is 0 Å². The maximum Gasteiger partial charge on any atom is 0.311 e. The Balaban J connectivity index is 1.93. The molecule has 128 valence electrons. The second-order valence-electron chi connectivity index (χ2n) is 5.59. The molecule has 0 aliphatic carbocycles. The summed E-state index contributed by atoms with van der Waals surface area (Å²) >= 11 is 5.80. The Hall–Kier alpha value is -2.34. The van der Waals surface area contributed by atoms with Crippen LogP contribution in [0.5, 0.6) is 0 Å². The average Bonchev–Trinajstić information content (AvgIpc) is 2.75. The summed E-state index contributed by atoms with van der Waals surface area (Å²) in [6.45, 7) is 5.20. The van der Waals surface area contributed by atoms with Crippen molar-refractivity contribution < 1.29 is 14.3 Å². The van der Waals surface area contributed by atoms with E-state index in [1.165, 1.54) is 6.92 Å². The lowest BCUT2D eigenvalue weighted by Crippen LogP contribution is -2.30. The monoisotopic (exact) mass is 349 g/mol. The van der Waals surface area contributed by atoms with Crippen molar-refractivity contribution in [1.29, 1.82) is 0 Å². The van der Waals surface area contributed by atoms with Crippen LogP contribution in [-0.4, -0.2) is 27.8 Å². The van der Waals surface area contributed by atoms with Crippen molar-refractivity contribution in [1.82, 2.24) is 9.78 Å². The van der Waals surface area contributed by atoms with Crippen molar-refractivity contribution in [3.63, 3.8) is 0 Å². The average molecular weight is 350 g/mol. The van der Waals surface area contributed by atoms with Gasteiger partial charge in [0, 0.05) is 12.1 Å². The summed E-state index contributed by atoms with van der Waals surface area (Å²) in [4.78, 5) is 24.2. The quantitative estimate of drug-likeness (QED) is 0.842. The molecular weight excluding hydrogens is 330 g/mol. The summed E-state index contributed by atoms with van der Waals surface area (Å²) in [7, 11) is 1.80. The topological polar surface area (TPSA) is 73.2 Å². The van der Waals surface area contributed by atoms with Gasteiger partial charge in [0.2, 0.25) is 0 Å². The highest BCUT2D eigenvalue weighted by molar-refractivity contribution is 6.30. The van der Waals surface area contributed by atoms with Gasteiger partial charge in [0.1, 0.15) is 0 Å². The van der Waals surface area contributed by atoms with E-state index in [0.717, 1.165) is 11.3 Å². The Labute approximate surface area is 145 Å². The van der Waals surface area contributed by atoms with Crippen LogP contribution < -0.4 is 5.32 Å². The van der Waals surface area contributed by atoms with E-state index in [1.807, 2.05) is 6.92 Å². The standard InChI is InChI=1S/C17H20ClN3O3/c1-10-16(11(2)21(4)20-10)19-17(23)12(3)24-15(22)9-13-5-7-14(18)8-6-13/h5-8,12H,9H2,1-4H3,(H,19,23)/t12-/m0/s1. The summed E-state index contributed by atoms with van der Waals surface area (Å²) in [5.41, 5.74) is 2.96. The minimum absolute atomic E-state index is 0.0831. The number of halogens is 1. The molecule has 2 aromatic rings. The van der Waals surface area contributed by atoms with E-state index in [9.17, 15) is 9.59 Å². The molecule has 1 amide bonds. The Kier molecular flexibility index (Phi) is 5.62. The van der Waals surface area contributed by atoms with E-state index < -0.39 is 18.0 Å². The maximum atomic E-state index is 12.2. The molecular formula is C17H20ClN3O3. The van der Waals surface area contributed by atoms with E-state index in [2.05, 4.69) is 10.4 Å². The molecule has 0 aliphatic rings. The number of nitrogens with zero attached hydrogens (tertiary/aromatic N) is 2. The van der Waals surface area contributed by atoms with Crippen molar-refractivity contribution in [2.24, 2.45) is 7.05 Å². The Morgan fingerprint density at radius 3 is 2.46 bits per heavy atom. The third-order valence-electron chi connectivity index (χ3n) is 3.70. The zero-order valence-corrected chi connectivity index (χ0v) is 14.8. The van der Waals surface area contributed by atoms with E-state index in [4.69, 9.17) is 16.3 Å². The Morgan fingerprint density at radius 2 is 1.92 bits per heavy atom. The molecule has 0 saturated heterocycles. The number of rotatable bonds is 5. The zero-order chi connectivity index (χ0) is 17.9. The minimum atomic E-state index is -0.899. The first-order chi connectivity index (χ1) is 11.3. The summed E-state index contributed by atoms with van der Waals surface area (Å²) in [6, 6.07) is 6.90. The van der Waals surface area contributed by atoms with E-state index in [1.54, 1.807) is 42.9 Å². The molecule has 1 N–H and O–H groups in total. The summed E-state index contributed by atoms with van der Waals surface area (Å²) < 4.78 is 6.88. The molecule has 0 unspecified atom stereocenters. The number of esters is 1. The van der Waals surface area contributed by atoms with Crippen LogP contribution in [0.2, 0.25) is 5.02 Å². The van der Waals surface area contributed by atoms with Crippen molar-refractivity contribution in [3.05, 3.63) is 46.2 Å². The molecule has 0 aliphatic heterocycles. The lowest BCUT2D eigenvalue weighted by atomic mass is 10.1. The van der Waals surface area contributed by atoms with Gasteiger partial charge in [-0.3, -0.25) is 14.3 Å². The molecule has 1 atom stereocenters.